The van der Waals surface area contributed by atoms with Gasteiger partial charge in [0.1, 0.15) is 18.5 Å². The summed E-state index contributed by atoms with van der Waals surface area (Å²) in [5.41, 5.74) is 0.936. The molecule has 9 nitrogen and oxygen atoms in total. The van der Waals surface area contributed by atoms with E-state index in [1.807, 2.05) is 16.3 Å². The Morgan fingerprint density at radius 3 is 2.77 bits per heavy atom. The Bertz CT molecular complexity index is 1080. The summed E-state index contributed by atoms with van der Waals surface area (Å²) < 4.78 is 17.6. The number of morpholine rings is 1. The molecule has 1 aromatic carbocycles. The molecule has 0 saturated carbocycles. The number of carbonyl (C=O) groups is 3. The zero-order valence-corrected chi connectivity index (χ0v) is 20.4. The molecule has 3 amide bonds. The Labute approximate surface area is 207 Å². The lowest BCUT2D eigenvalue weighted by Gasteiger charge is -2.42. The third-order valence-electron chi connectivity index (χ3n) is 6.78. The minimum absolute atomic E-state index is 0.0791. The molecule has 0 radical (unpaired) electrons. The van der Waals surface area contributed by atoms with Crippen molar-refractivity contribution in [1.82, 2.24) is 9.80 Å². The van der Waals surface area contributed by atoms with Crippen molar-refractivity contribution in [3.8, 4) is 5.75 Å². The fraction of sp³-hybridized carbons (Fsp3) is 0.480. The van der Waals surface area contributed by atoms with Gasteiger partial charge in [-0.05, 0) is 42.5 Å². The first-order valence-electron chi connectivity index (χ1n) is 11.9. The van der Waals surface area contributed by atoms with E-state index in [9.17, 15) is 14.4 Å². The number of benzene rings is 1. The largest absolute Gasteiger partial charge is 0.490 e. The Balaban J connectivity index is 1.27. The molecule has 186 valence electrons. The predicted octanol–water partition coefficient (Wildman–Crippen LogP) is 2.63. The predicted molar refractivity (Wildman–Crippen MR) is 130 cm³/mol. The normalized spacial score (nSPS) is 24.5. The lowest BCUT2D eigenvalue weighted by Crippen LogP contribution is -2.54. The quantitative estimate of drug-likeness (QED) is 0.695. The molecule has 5 rings (SSSR count). The van der Waals surface area contributed by atoms with Crippen LogP contribution in [0.2, 0.25) is 0 Å². The summed E-state index contributed by atoms with van der Waals surface area (Å²) in [5.74, 6) is 0.124. The Morgan fingerprint density at radius 1 is 1.17 bits per heavy atom. The highest BCUT2D eigenvalue weighted by molar-refractivity contribution is 7.12. The minimum atomic E-state index is -0.327. The summed E-state index contributed by atoms with van der Waals surface area (Å²) in [6.45, 7) is 2.65. The van der Waals surface area contributed by atoms with E-state index in [1.54, 1.807) is 36.2 Å². The van der Waals surface area contributed by atoms with Crippen molar-refractivity contribution in [2.24, 2.45) is 0 Å². The van der Waals surface area contributed by atoms with Crippen LogP contribution in [0, 0.1) is 0 Å². The van der Waals surface area contributed by atoms with Crippen molar-refractivity contribution in [3.05, 3.63) is 46.2 Å². The average Bonchev–Trinajstić information content (AvgIpc) is 3.42. The molecular formula is C25H29N3O6S. The first-order valence-corrected chi connectivity index (χ1v) is 12.8. The summed E-state index contributed by atoms with van der Waals surface area (Å²) in [6.07, 6.45) is 1.21. The highest BCUT2D eigenvalue weighted by atomic mass is 32.1. The van der Waals surface area contributed by atoms with Crippen LogP contribution in [-0.4, -0.2) is 85.7 Å². The number of hydrogen-bond acceptors (Lipinski definition) is 7. The highest BCUT2D eigenvalue weighted by Crippen LogP contribution is 2.33. The minimum Gasteiger partial charge on any atom is -0.490 e. The molecule has 35 heavy (non-hydrogen) atoms. The van der Waals surface area contributed by atoms with E-state index >= 15 is 0 Å². The zero-order valence-electron chi connectivity index (χ0n) is 19.6. The van der Waals surface area contributed by atoms with Gasteiger partial charge in [-0.1, -0.05) is 6.07 Å². The molecule has 0 unspecified atom stereocenters. The maximum absolute atomic E-state index is 13.4. The average molecular weight is 500 g/mol. The Morgan fingerprint density at radius 2 is 2.00 bits per heavy atom. The number of hydrogen-bond donors (Lipinski definition) is 1. The SMILES string of the molecule is CN1C(=O)c2cc(NC(=O)c3cccs3)ccc2OC[C@H]2O[C@@H](CC(=O)N3CCOCC3)CC[C@H]21. The van der Waals surface area contributed by atoms with E-state index in [-0.39, 0.29) is 42.6 Å². The molecule has 3 atom stereocenters. The van der Waals surface area contributed by atoms with Gasteiger partial charge >= 0.3 is 0 Å². The molecule has 3 aliphatic rings. The maximum atomic E-state index is 13.4. The lowest BCUT2D eigenvalue weighted by atomic mass is 9.94. The van der Waals surface area contributed by atoms with Gasteiger partial charge < -0.3 is 29.3 Å². The molecular weight excluding hydrogens is 470 g/mol. The van der Waals surface area contributed by atoms with Gasteiger partial charge in [0, 0.05) is 25.8 Å². The number of anilines is 1. The zero-order chi connectivity index (χ0) is 24.4. The van der Waals surface area contributed by atoms with Gasteiger partial charge in [-0.15, -0.1) is 11.3 Å². The van der Waals surface area contributed by atoms with Crippen LogP contribution in [0.25, 0.3) is 0 Å². The molecule has 0 bridgehead atoms. The van der Waals surface area contributed by atoms with Crippen molar-refractivity contribution in [3.63, 3.8) is 0 Å². The smallest absolute Gasteiger partial charge is 0.265 e. The van der Waals surface area contributed by atoms with E-state index < -0.39 is 0 Å². The van der Waals surface area contributed by atoms with E-state index in [0.717, 1.165) is 6.42 Å². The number of thiophene rings is 1. The molecule has 1 N–H and O–H groups in total. The fourth-order valence-electron chi connectivity index (χ4n) is 4.84. The van der Waals surface area contributed by atoms with Crippen LogP contribution in [-0.2, 0) is 14.3 Å². The number of nitrogens with zero attached hydrogens (tertiary/aromatic N) is 2. The monoisotopic (exact) mass is 499 g/mol. The van der Waals surface area contributed by atoms with Gasteiger partial charge in [-0.25, -0.2) is 0 Å². The van der Waals surface area contributed by atoms with Crippen molar-refractivity contribution in [2.45, 2.75) is 37.5 Å². The van der Waals surface area contributed by atoms with Gasteiger partial charge in [-0.2, -0.15) is 0 Å². The number of rotatable bonds is 4. The standard InChI is InChI=1S/C25H29N3O6S/c1-27-19-6-5-17(14-23(29)28-8-10-32-11-9-28)34-21(19)15-33-20-7-4-16(13-18(20)25(27)31)26-24(30)22-3-2-12-35-22/h2-4,7,12-13,17,19,21H,5-6,8-11,14-15H2,1H3,(H,26,30)/t17-,19-,21-/m1/s1. The van der Waals surface area contributed by atoms with Gasteiger partial charge in [0.15, 0.2) is 0 Å². The Hall–Kier alpha value is -2.95. The van der Waals surface area contributed by atoms with Crippen LogP contribution < -0.4 is 10.1 Å². The van der Waals surface area contributed by atoms with E-state index in [1.165, 1.54) is 11.3 Å². The summed E-state index contributed by atoms with van der Waals surface area (Å²) in [6, 6.07) is 8.50. The number of amides is 3. The second kappa shape index (κ2) is 10.3. The molecule has 4 heterocycles. The Kier molecular flexibility index (Phi) is 7.03. The van der Waals surface area contributed by atoms with Crippen molar-refractivity contribution < 1.29 is 28.6 Å². The van der Waals surface area contributed by atoms with Crippen LogP contribution in [0.1, 0.15) is 39.3 Å². The molecule has 2 aromatic rings. The maximum Gasteiger partial charge on any atom is 0.265 e. The number of carbonyl (C=O) groups excluding carboxylic acids is 3. The van der Waals surface area contributed by atoms with Gasteiger partial charge in [0.2, 0.25) is 5.91 Å². The van der Waals surface area contributed by atoms with E-state index in [4.69, 9.17) is 14.2 Å². The fourth-order valence-corrected chi connectivity index (χ4v) is 5.46. The van der Waals surface area contributed by atoms with E-state index in [0.29, 0.717) is 61.0 Å². The molecule has 2 fully saturated rings. The van der Waals surface area contributed by atoms with Gasteiger partial charge in [0.25, 0.3) is 11.8 Å². The van der Waals surface area contributed by atoms with Crippen molar-refractivity contribution >= 4 is 34.7 Å². The molecule has 0 spiro atoms. The summed E-state index contributed by atoms with van der Waals surface area (Å²) >= 11 is 1.36. The van der Waals surface area contributed by atoms with Crippen LogP contribution in [0.4, 0.5) is 5.69 Å². The molecule has 3 aliphatic heterocycles. The highest BCUT2D eigenvalue weighted by Gasteiger charge is 2.39. The second-order valence-corrected chi connectivity index (χ2v) is 9.96. The molecule has 0 aliphatic carbocycles. The third-order valence-corrected chi connectivity index (χ3v) is 7.65. The van der Waals surface area contributed by atoms with Crippen LogP contribution in [0.15, 0.2) is 35.7 Å². The third kappa shape index (κ3) is 5.19. The number of ether oxygens (including phenoxy) is 3. The molecule has 1 aromatic heterocycles. The number of fused-ring (bicyclic) bond motifs is 2. The summed E-state index contributed by atoms with van der Waals surface area (Å²) in [4.78, 5) is 42.6. The molecule has 10 heteroatoms. The van der Waals surface area contributed by atoms with Crippen LogP contribution in [0.5, 0.6) is 5.75 Å². The summed E-state index contributed by atoms with van der Waals surface area (Å²) in [5, 5.41) is 4.69. The van der Waals surface area contributed by atoms with E-state index in [2.05, 4.69) is 5.32 Å². The van der Waals surface area contributed by atoms with Crippen molar-refractivity contribution in [2.75, 3.05) is 45.3 Å². The first-order chi connectivity index (χ1) is 17.0. The van der Waals surface area contributed by atoms with Gasteiger partial charge in [0.05, 0.1) is 42.2 Å². The van der Waals surface area contributed by atoms with Gasteiger partial charge in [-0.3, -0.25) is 14.4 Å². The topological polar surface area (TPSA) is 97.4 Å². The number of nitrogens with one attached hydrogen (secondary N) is 1. The van der Waals surface area contributed by atoms with Crippen LogP contribution >= 0.6 is 11.3 Å². The summed E-state index contributed by atoms with van der Waals surface area (Å²) in [7, 11) is 1.77. The number of likely N-dealkylation sites (N-methyl/N-ethyl adjacent to an activating group) is 1. The van der Waals surface area contributed by atoms with Crippen molar-refractivity contribution in [1.29, 1.82) is 0 Å². The molecule has 2 saturated heterocycles. The second-order valence-electron chi connectivity index (χ2n) is 9.01. The van der Waals surface area contributed by atoms with Crippen LogP contribution in [0.3, 0.4) is 0 Å². The first kappa shape index (κ1) is 23.8. The lowest BCUT2D eigenvalue weighted by molar-refractivity contribution is -0.146.